The van der Waals surface area contributed by atoms with Crippen molar-refractivity contribution in [2.75, 3.05) is 11.9 Å². The Morgan fingerprint density at radius 1 is 1.05 bits per heavy atom. The highest BCUT2D eigenvalue weighted by molar-refractivity contribution is 6.06. The van der Waals surface area contributed by atoms with Crippen molar-refractivity contribution >= 4 is 11.6 Å². The average molecular weight is 269 g/mol. The van der Waals surface area contributed by atoms with Gasteiger partial charge in [0.1, 0.15) is 5.75 Å². The van der Waals surface area contributed by atoms with Crippen molar-refractivity contribution in [3.8, 4) is 5.75 Å². The fraction of sp³-hybridized carbons (Fsp3) is 0.235. The minimum atomic E-state index is -0.154. The maximum Gasteiger partial charge on any atom is 0.259 e. The van der Waals surface area contributed by atoms with Crippen LogP contribution >= 0.6 is 0 Å². The Morgan fingerprint density at radius 3 is 2.40 bits per heavy atom. The minimum Gasteiger partial charge on any atom is -0.493 e. The summed E-state index contributed by atoms with van der Waals surface area (Å²) >= 11 is 0. The highest BCUT2D eigenvalue weighted by Gasteiger charge is 2.11. The molecule has 0 aromatic heterocycles. The topological polar surface area (TPSA) is 38.3 Å². The van der Waals surface area contributed by atoms with Gasteiger partial charge in [-0.1, -0.05) is 31.2 Å². The minimum absolute atomic E-state index is 0.154. The molecule has 2 aromatic carbocycles. The summed E-state index contributed by atoms with van der Waals surface area (Å²) in [5.74, 6) is 0.455. The molecular formula is C17H19NO2. The van der Waals surface area contributed by atoms with E-state index in [4.69, 9.17) is 4.74 Å². The molecular weight excluding hydrogens is 250 g/mol. The van der Waals surface area contributed by atoms with Crippen LogP contribution in [-0.4, -0.2) is 12.5 Å². The van der Waals surface area contributed by atoms with E-state index in [1.165, 1.54) is 5.56 Å². The van der Waals surface area contributed by atoms with Crippen molar-refractivity contribution in [1.29, 1.82) is 0 Å². The lowest BCUT2D eigenvalue weighted by Gasteiger charge is -2.10. The highest BCUT2D eigenvalue weighted by atomic mass is 16.5. The van der Waals surface area contributed by atoms with Crippen LogP contribution in [0.5, 0.6) is 5.75 Å². The number of ether oxygens (including phenoxy) is 1. The molecule has 0 aliphatic heterocycles. The largest absolute Gasteiger partial charge is 0.493 e. The lowest BCUT2D eigenvalue weighted by atomic mass is 10.1. The zero-order chi connectivity index (χ0) is 14.4. The van der Waals surface area contributed by atoms with E-state index in [2.05, 4.69) is 12.2 Å². The van der Waals surface area contributed by atoms with E-state index in [1.54, 1.807) is 12.1 Å². The predicted octanol–water partition coefficient (Wildman–Crippen LogP) is 3.90. The van der Waals surface area contributed by atoms with Gasteiger partial charge in [0.2, 0.25) is 0 Å². The quantitative estimate of drug-likeness (QED) is 0.894. The van der Waals surface area contributed by atoms with Crippen LogP contribution in [0.2, 0.25) is 0 Å². The first-order chi connectivity index (χ1) is 9.74. The van der Waals surface area contributed by atoms with E-state index < -0.39 is 0 Å². The number of carbonyl (C=O) groups excluding carboxylic acids is 1. The molecule has 0 aliphatic rings. The molecule has 3 heteroatoms. The van der Waals surface area contributed by atoms with Gasteiger partial charge in [-0.3, -0.25) is 4.79 Å². The van der Waals surface area contributed by atoms with Crippen molar-refractivity contribution in [2.24, 2.45) is 0 Å². The molecule has 0 fully saturated rings. The van der Waals surface area contributed by atoms with Gasteiger partial charge in [-0.05, 0) is 43.2 Å². The molecule has 0 saturated heterocycles. The molecule has 0 spiro atoms. The number of hydrogen-bond acceptors (Lipinski definition) is 2. The molecule has 1 amide bonds. The first kappa shape index (κ1) is 14.1. The first-order valence-corrected chi connectivity index (χ1v) is 6.86. The number of para-hydroxylation sites is 1. The summed E-state index contributed by atoms with van der Waals surface area (Å²) in [6.45, 7) is 4.54. The van der Waals surface area contributed by atoms with E-state index in [1.807, 2.05) is 43.3 Å². The molecule has 0 unspecified atom stereocenters. The molecule has 0 aliphatic carbocycles. The molecule has 0 bridgehead atoms. The molecule has 3 nitrogen and oxygen atoms in total. The van der Waals surface area contributed by atoms with E-state index in [9.17, 15) is 4.79 Å². The number of hydrogen-bond donors (Lipinski definition) is 1. The molecule has 104 valence electrons. The van der Waals surface area contributed by atoms with Crippen molar-refractivity contribution in [2.45, 2.75) is 20.3 Å². The molecule has 2 rings (SSSR count). The standard InChI is InChI=1S/C17H19NO2/c1-3-13-9-11-14(12-10-13)18-17(19)15-7-5-6-8-16(15)20-4-2/h5-12H,3-4H2,1-2H3,(H,18,19). The summed E-state index contributed by atoms with van der Waals surface area (Å²) in [7, 11) is 0. The third-order valence-corrected chi connectivity index (χ3v) is 3.05. The van der Waals surface area contributed by atoms with Crippen molar-refractivity contribution < 1.29 is 9.53 Å². The van der Waals surface area contributed by atoms with Crippen LogP contribution < -0.4 is 10.1 Å². The number of aryl methyl sites for hydroxylation is 1. The lowest BCUT2D eigenvalue weighted by molar-refractivity contribution is 0.102. The number of benzene rings is 2. The number of anilines is 1. The summed E-state index contributed by atoms with van der Waals surface area (Å²) < 4.78 is 5.47. The summed E-state index contributed by atoms with van der Waals surface area (Å²) in [5, 5.41) is 2.89. The van der Waals surface area contributed by atoms with E-state index in [0.29, 0.717) is 17.9 Å². The van der Waals surface area contributed by atoms with Gasteiger partial charge < -0.3 is 10.1 Å². The second-order valence-electron chi connectivity index (χ2n) is 4.43. The van der Waals surface area contributed by atoms with Gasteiger partial charge in [0.05, 0.1) is 12.2 Å². The Bertz CT molecular complexity index is 576. The summed E-state index contributed by atoms with van der Waals surface area (Å²) in [6.07, 6.45) is 0.987. The molecule has 0 atom stereocenters. The lowest BCUT2D eigenvalue weighted by Crippen LogP contribution is -2.13. The third-order valence-electron chi connectivity index (χ3n) is 3.05. The van der Waals surface area contributed by atoms with Crippen molar-refractivity contribution in [1.82, 2.24) is 0 Å². The number of amides is 1. The zero-order valence-electron chi connectivity index (χ0n) is 11.8. The molecule has 0 heterocycles. The fourth-order valence-corrected chi connectivity index (χ4v) is 1.96. The van der Waals surface area contributed by atoms with Crippen LogP contribution in [0, 0.1) is 0 Å². The van der Waals surface area contributed by atoms with Crippen LogP contribution in [0.1, 0.15) is 29.8 Å². The Labute approximate surface area is 119 Å². The maximum atomic E-state index is 12.3. The van der Waals surface area contributed by atoms with Gasteiger partial charge >= 0.3 is 0 Å². The smallest absolute Gasteiger partial charge is 0.259 e. The SMILES string of the molecule is CCOc1ccccc1C(=O)Nc1ccc(CC)cc1. The van der Waals surface area contributed by atoms with Crippen LogP contribution in [0.3, 0.4) is 0 Å². The maximum absolute atomic E-state index is 12.3. The van der Waals surface area contributed by atoms with Gasteiger partial charge in [-0.25, -0.2) is 0 Å². The van der Waals surface area contributed by atoms with E-state index in [0.717, 1.165) is 12.1 Å². The Hall–Kier alpha value is -2.29. The molecule has 0 saturated carbocycles. The molecule has 1 N–H and O–H groups in total. The highest BCUT2D eigenvalue weighted by Crippen LogP contribution is 2.20. The monoisotopic (exact) mass is 269 g/mol. The second-order valence-corrected chi connectivity index (χ2v) is 4.43. The number of carbonyl (C=O) groups is 1. The Kier molecular flexibility index (Phi) is 4.77. The molecule has 20 heavy (non-hydrogen) atoms. The number of rotatable bonds is 5. The Morgan fingerprint density at radius 2 is 1.75 bits per heavy atom. The van der Waals surface area contributed by atoms with Crippen LogP contribution in [-0.2, 0) is 6.42 Å². The van der Waals surface area contributed by atoms with Crippen LogP contribution in [0.25, 0.3) is 0 Å². The van der Waals surface area contributed by atoms with Gasteiger partial charge in [0.25, 0.3) is 5.91 Å². The molecule has 2 aromatic rings. The van der Waals surface area contributed by atoms with Crippen molar-refractivity contribution in [3.63, 3.8) is 0 Å². The van der Waals surface area contributed by atoms with Crippen molar-refractivity contribution in [3.05, 3.63) is 59.7 Å². The summed E-state index contributed by atoms with van der Waals surface area (Å²) in [5.41, 5.74) is 2.59. The average Bonchev–Trinajstić information content (AvgIpc) is 2.49. The third kappa shape index (κ3) is 3.38. The number of nitrogens with one attached hydrogen (secondary N) is 1. The Balaban J connectivity index is 2.15. The van der Waals surface area contributed by atoms with Gasteiger partial charge in [0.15, 0.2) is 0 Å². The first-order valence-electron chi connectivity index (χ1n) is 6.86. The zero-order valence-corrected chi connectivity index (χ0v) is 11.8. The van der Waals surface area contributed by atoms with Gasteiger partial charge in [0, 0.05) is 5.69 Å². The summed E-state index contributed by atoms with van der Waals surface area (Å²) in [6, 6.07) is 15.1. The fourth-order valence-electron chi connectivity index (χ4n) is 1.96. The second kappa shape index (κ2) is 6.75. The van der Waals surface area contributed by atoms with Crippen LogP contribution in [0.15, 0.2) is 48.5 Å². The normalized spacial score (nSPS) is 10.1. The van der Waals surface area contributed by atoms with E-state index in [-0.39, 0.29) is 5.91 Å². The summed E-state index contributed by atoms with van der Waals surface area (Å²) in [4.78, 5) is 12.3. The predicted molar refractivity (Wildman–Crippen MR) is 81.4 cm³/mol. The van der Waals surface area contributed by atoms with Crippen LogP contribution in [0.4, 0.5) is 5.69 Å². The van der Waals surface area contributed by atoms with Gasteiger partial charge in [-0.2, -0.15) is 0 Å². The van der Waals surface area contributed by atoms with Gasteiger partial charge in [-0.15, -0.1) is 0 Å². The molecule has 0 radical (unpaired) electrons. The van der Waals surface area contributed by atoms with E-state index >= 15 is 0 Å².